The van der Waals surface area contributed by atoms with Crippen LogP contribution < -0.4 is 10.6 Å². The number of H-pyrrole nitrogens is 2. The fourth-order valence-electron chi connectivity index (χ4n) is 6.80. The molecule has 12 nitrogen and oxygen atoms in total. The van der Waals surface area contributed by atoms with Crippen LogP contribution in [-0.4, -0.2) is 87.0 Å². The monoisotopic (exact) mass is 666 g/mol. The van der Waals surface area contributed by atoms with Gasteiger partial charge in [-0.15, -0.1) is 0 Å². The number of aromatic nitrogens is 4. The highest BCUT2D eigenvalue weighted by Crippen LogP contribution is 2.35. The Morgan fingerprint density at radius 1 is 0.816 bits per heavy atom. The first kappa shape index (κ1) is 33.9. The number of ether oxygens (including phenoxy) is 1. The number of benzene rings is 2. The molecule has 0 unspecified atom stereocenters. The van der Waals surface area contributed by atoms with E-state index in [0.717, 1.165) is 84.1 Å². The molecule has 0 spiro atoms. The van der Waals surface area contributed by atoms with E-state index < -0.39 is 12.2 Å². The minimum absolute atomic E-state index is 0.0182. The zero-order valence-electron chi connectivity index (χ0n) is 28.7. The van der Waals surface area contributed by atoms with Gasteiger partial charge in [-0.2, -0.15) is 0 Å². The minimum atomic E-state index is -0.860. The Morgan fingerprint density at radius 2 is 1.31 bits per heavy atom. The van der Waals surface area contributed by atoms with Crippen LogP contribution in [0.4, 0.5) is 4.79 Å². The molecule has 3 amide bonds. The quantitative estimate of drug-likeness (QED) is 0.166. The predicted molar refractivity (Wildman–Crippen MR) is 187 cm³/mol. The van der Waals surface area contributed by atoms with E-state index in [9.17, 15) is 14.4 Å². The second-order valence-electron chi connectivity index (χ2n) is 13.1. The molecule has 0 radical (unpaired) electrons. The van der Waals surface area contributed by atoms with E-state index in [4.69, 9.17) is 4.74 Å². The summed E-state index contributed by atoms with van der Waals surface area (Å²) in [5, 5.41) is 5.57. The van der Waals surface area contributed by atoms with Crippen molar-refractivity contribution >= 4 is 17.9 Å². The van der Waals surface area contributed by atoms with Crippen molar-refractivity contribution in [3.05, 3.63) is 72.6 Å². The van der Waals surface area contributed by atoms with Gasteiger partial charge in [-0.25, -0.2) is 14.8 Å². The Hall–Kier alpha value is -4.97. The molecule has 12 heteroatoms. The number of nitrogens with zero attached hydrogens (tertiary/aromatic N) is 4. The topological polar surface area (TPSA) is 148 Å². The van der Waals surface area contributed by atoms with Crippen LogP contribution in [0.25, 0.3) is 33.6 Å². The molecule has 2 aromatic heterocycles. The van der Waals surface area contributed by atoms with E-state index in [1.807, 2.05) is 38.1 Å². The number of amides is 3. The van der Waals surface area contributed by atoms with Gasteiger partial charge in [-0.1, -0.05) is 69.3 Å². The van der Waals surface area contributed by atoms with Crippen LogP contribution in [-0.2, 0) is 14.3 Å². The number of likely N-dealkylation sites (tertiary alicyclic amines) is 2. The zero-order chi connectivity index (χ0) is 34.5. The van der Waals surface area contributed by atoms with Gasteiger partial charge < -0.3 is 35.1 Å². The number of imidazole rings is 2. The van der Waals surface area contributed by atoms with Crippen molar-refractivity contribution in [1.82, 2.24) is 40.4 Å². The van der Waals surface area contributed by atoms with E-state index in [0.29, 0.717) is 13.1 Å². The molecule has 2 saturated heterocycles. The summed E-state index contributed by atoms with van der Waals surface area (Å²) >= 11 is 0. The highest BCUT2D eigenvalue weighted by atomic mass is 16.6. The van der Waals surface area contributed by atoms with Gasteiger partial charge in [0, 0.05) is 20.1 Å². The fraction of sp³-hybridized carbons (Fsp3) is 0.432. The van der Waals surface area contributed by atoms with E-state index in [1.165, 1.54) is 7.05 Å². The fourth-order valence-corrected chi connectivity index (χ4v) is 6.80. The Kier molecular flexibility index (Phi) is 10.4. The number of nitrogens with one attached hydrogen (secondary N) is 4. The predicted octanol–water partition coefficient (Wildman–Crippen LogP) is 5.45. The lowest BCUT2D eigenvalue weighted by molar-refractivity contribution is -0.143. The van der Waals surface area contributed by atoms with Crippen molar-refractivity contribution in [3.63, 3.8) is 0 Å². The number of carbonyl (C=O) groups excluding carboxylic acids is 3. The maximum absolute atomic E-state index is 13.5. The summed E-state index contributed by atoms with van der Waals surface area (Å²) in [6.07, 6.45) is 5.71. The van der Waals surface area contributed by atoms with Gasteiger partial charge in [-0.05, 0) is 60.4 Å². The van der Waals surface area contributed by atoms with E-state index in [-0.39, 0.29) is 29.8 Å². The van der Waals surface area contributed by atoms with Crippen molar-refractivity contribution in [2.24, 2.45) is 5.92 Å². The summed E-state index contributed by atoms with van der Waals surface area (Å²) in [6, 6.07) is 16.5. The average molecular weight is 667 g/mol. The summed E-state index contributed by atoms with van der Waals surface area (Å²) in [4.78, 5) is 58.0. The Balaban J connectivity index is 1.11. The lowest BCUT2D eigenvalue weighted by Gasteiger charge is -2.29. The summed E-state index contributed by atoms with van der Waals surface area (Å²) in [5.74, 6) is 1.32. The van der Waals surface area contributed by atoms with Crippen LogP contribution >= 0.6 is 0 Å². The normalized spacial score (nSPS) is 18.2. The lowest BCUT2D eigenvalue weighted by Crippen LogP contribution is -2.45. The van der Waals surface area contributed by atoms with E-state index in [2.05, 4.69) is 79.1 Å². The molecule has 4 N–H and O–H groups in total. The number of alkyl carbamates (subject to hydrolysis) is 1. The Morgan fingerprint density at radius 3 is 1.80 bits per heavy atom. The molecule has 0 saturated carbocycles. The molecule has 49 heavy (non-hydrogen) atoms. The van der Waals surface area contributed by atoms with Crippen molar-refractivity contribution in [1.29, 1.82) is 0 Å². The molecule has 2 aliphatic heterocycles. The molecule has 258 valence electrons. The highest BCUT2D eigenvalue weighted by Gasteiger charge is 2.38. The van der Waals surface area contributed by atoms with E-state index >= 15 is 0 Å². The summed E-state index contributed by atoms with van der Waals surface area (Å²) < 4.78 is 5.42. The average Bonchev–Trinajstić information content (AvgIpc) is 3.95. The Labute approximate surface area is 287 Å². The lowest BCUT2D eigenvalue weighted by atomic mass is 10.0. The molecule has 6 rings (SSSR count). The van der Waals surface area contributed by atoms with Crippen LogP contribution in [0.3, 0.4) is 0 Å². The van der Waals surface area contributed by atoms with Gasteiger partial charge in [0.05, 0.1) is 42.4 Å². The minimum Gasteiger partial charge on any atom is -0.436 e. The third-order valence-electron chi connectivity index (χ3n) is 9.47. The van der Waals surface area contributed by atoms with Gasteiger partial charge >= 0.3 is 6.09 Å². The van der Waals surface area contributed by atoms with Crippen molar-refractivity contribution in [2.45, 2.75) is 64.6 Å². The number of likely N-dealkylation sites (N-methyl/N-ethyl adjacent to an activating group) is 1. The van der Waals surface area contributed by atoms with Crippen molar-refractivity contribution in [2.75, 3.05) is 33.2 Å². The number of hydrogen-bond donors (Lipinski definition) is 4. The smallest absolute Gasteiger partial charge is 0.407 e. The molecule has 2 aromatic carbocycles. The zero-order valence-corrected chi connectivity index (χ0v) is 28.7. The van der Waals surface area contributed by atoms with E-state index in [1.54, 1.807) is 4.90 Å². The van der Waals surface area contributed by atoms with Gasteiger partial charge in [0.2, 0.25) is 5.91 Å². The first-order valence-electron chi connectivity index (χ1n) is 17.3. The van der Waals surface area contributed by atoms with Gasteiger partial charge in [0.1, 0.15) is 11.6 Å². The molecular formula is C37H46N8O4. The molecule has 2 fully saturated rings. The first-order chi connectivity index (χ1) is 23.8. The molecular weight excluding hydrogens is 620 g/mol. The molecule has 3 atom stereocenters. The number of carbonyl (C=O) groups is 3. The van der Waals surface area contributed by atoms with Crippen molar-refractivity contribution in [3.8, 4) is 33.6 Å². The third-order valence-corrected chi connectivity index (χ3v) is 9.47. The largest absolute Gasteiger partial charge is 0.436 e. The summed E-state index contributed by atoms with van der Waals surface area (Å²) in [7, 11) is 1.48. The molecule has 2 aliphatic rings. The maximum atomic E-state index is 13.5. The van der Waals surface area contributed by atoms with Crippen LogP contribution in [0, 0.1) is 5.92 Å². The Bertz CT molecular complexity index is 1750. The summed E-state index contributed by atoms with van der Waals surface area (Å²) in [5.41, 5.74) is 6.01. The second kappa shape index (κ2) is 15.1. The van der Waals surface area contributed by atoms with Gasteiger partial charge in [0.15, 0.2) is 6.10 Å². The summed E-state index contributed by atoms with van der Waals surface area (Å²) in [6.45, 7) is 8.21. The van der Waals surface area contributed by atoms with Crippen LogP contribution in [0.15, 0.2) is 60.9 Å². The van der Waals surface area contributed by atoms with Crippen LogP contribution in [0.5, 0.6) is 0 Å². The highest BCUT2D eigenvalue weighted by molar-refractivity contribution is 5.84. The first-order valence-corrected chi connectivity index (χ1v) is 17.3. The molecule has 4 heterocycles. The molecule has 4 aromatic rings. The maximum Gasteiger partial charge on any atom is 0.407 e. The SMILES string of the molecule is CCNCC(=O)N1CCC[C@H]1c1ncc(-c2ccc(-c3ccc(-c4cnc([C@@H]5CCCN5C(=O)[C@@H](OC(=O)NC)C(C)C)[nH]4)cc3)cc2)[nH]1. The van der Waals surface area contributed by atoms with Gasteiger partial charge in [-0.3, -0.25) is 9.59 Å². The molecule has 0 bridgehead atoms. The molecule has 0 aliphatic carbocycles. The third kappa shape index (κ3) is 7.39. The van der Waals surface area contributed by atoms with Crippen LogP contribution in [0.1, 0.15) is 70.2 Å². The number of rotatable bonds is 11. The van der Waals surface area contributed by atoms with Crippen LogP contribution in [0.2, 0.25) is 0 Å². The second-order valence-corrected chi connectivity index (χ2v) is 13.1. The van der Waals surface area contributed by atoms with Crippen molar-refractivity contribution < 1.29 is 19.1 Å². The standard InChI is InChI=1S/C37H46N8O4/c1-5-39-22-32(46)44-18-6-8-30(44)34-40-20-28(42-34)26-14-10-24(11-15-26)25-12-16-27(17-13-25)29-21-41-35(43-29)31-9-7-19-45(31)36(47)33(23(2)3)49-37(48)38-4/h10-17,20-21,23,30-31,33,39H,5-9,18-19,22H2,1-4H3,(H,38,48)(H,40,42)(H,41,43)/t30-,31-,33-/m0/s1. The number of aromatic amines is 2. The van der Waals surface area contributed by atoms with Gasteiger partial charge in [0.25, 0.3) is 5.91 Å². The number of hydrogen-bond acceptors (Lipinski definition) is 7.